The fraction of sp³-hybridized carbons (Fsp3) is 0.483. The number of esters is 1. The SMILES string of the molecule is COC(=O)CCC(C(N)=O)N1Cc2c(OCc3ccc(CN4CCN(C(C)C)CC4)cc3)cccc2C1=O. The lowest BCUT2D eigenvalue weighted by Gasteiger charge is -2.36. The molecule has 0 bridgehead atoms. The third kappa shape index (κ3) is 6.52. The first-order chi connectivity index (χ1) is 18.3. The van der Waals surface area contributed by atoms with Crippen LogP contribution < -0.4 is 10.5 Å². The Morgan fingerprint density at radius 3 is 2.32 bits per heavy atom. The number of carbonyl (C=O) groups excluding carboxylic acids is 3. The molecule has 2 aromatic carbocycles. The van der Waals surface area contributed by atoms with Crippen LogP contribution in [0.25, 0.3) is 0 Å². The molecular weight excluding hydrogens is 484 g/mol. The molecule has 0 aliphatic carbocycles. The highest BCUT2D eigenvalue weighted by molar-refractivity contribution is 6.01. The summed E-state index contributed by atoms with van der Waals surface area (Å²) in [5.41, 5.74) is 9.10. The lowest BCUT2D eigenvalue weighted by molar-refractivity contribution is -0.141. The molecule has 1 atom stereocenters. The summed E-state index contributed by atoms with van der Waals surface area (Å²) in [5, 5.41) is 0. The van der Waals surface area contributed by atoms with Crippen molar-refractivity contribution in [2.75, 3.05) is 33.3 Å². The van der Waals surface area contributed by atoms with Crippen molar-refractivity contribution in [2.45, 2.75) is 58.5 Å². The largest absolute Gasteiger partial charge is 0.489 e. The summed E-state index contributed by atoms with van der Waals surface area (Å²) in [5.74, 6) is -0.803. The standard InChI is InChI=1S/C29H38N4O5/c1-20(2)32-15-13-31(14-16-32)17-21-7-9-22(10-8-21)19-38-26-6-4-5-23-24(26)18-33(29(23)36)25(28(30)35)11-12-27(34)37-3/h4-10,20,25H,11-19H2,1-3H3,(H2,30,35). The summed E-state index contributed by atoms with van der Waals surface area (Å²) in [6.07, 6.45) is 0.107. The first-order valence-electron chi connectivity index (χ1n) is 13.2. The second-order valence-corrected chi connectivity index (χ2v) is 10.3. The number of primary amides is 1. The number of nitrogens with zero attached hydrogens (tertiary/aromatic N) is 3. The molecule has 2 N–H and O–H groups in total. The van der Waals surface area contributed by atoms with Crippen LogP contribution in [0.4, 0.5) is 0 Å². The molecule has 4 rings (SSSR count). The number of hydrogen-bond donors (Lipinski definition) is 1. The zero-order valence-corrected chi connectivity index (χ0v) is 22.5. The molecule has 204 valence electrons. The predicted octanol–water partition coefficient (Wildman–Crippen LogP) is 2.55. The van der Waals surface area contributed by atoms with Crippen molar-refractivity contribution >= 4 is 17.8 Å². The van der Waals surface area contributed by atoms with Crippen molar-refractivity contribution in [3.05, 3.63) is 64.7 Å². The Bertz CT molecular complexity index is 1140. The smallest absolute Gasteiger partial charge is 0.305 e. The van der Waals surface area contributed by atoms with Gasteiger partial charge in [-0.05, 0) is 43.5 Å². The topological polar surface area (TPSA) is 105 Å². The zero-order chi connectivity index (χ0) is 27.2. The molecule has 1 fully saturated rings. The third-order valence-corrected chi connectivity index (χ3v) is 7.47. The van der Waals surface area contributed by atoms with Gasteiger partial charge in [0.15, 0.2) is 0 Å². The van der Waals surface area contributed by atoms with Gasteiger partial charge >= 0.3 is 5.97 Å². The first-order valence-corrected chi connectivity index (χ1v) is 13.2. The lowest BCUT2D eigenvalue weighted by Crippen LogP contribution is -2.48. The number of piperazine rings is 1. The average molecular weight is 523 g/mol. The Morgan fingerprint density at radius 2 is 1.68 bits per heavy atom. The van der Waals surface area contributed by atoms with Crippen molar-refractivity contribution in [1.82, 2.24) is 14.7 Å². The molecule has 38 heavy (non-hydrogen) atoms. The molecule has 9 nitrogen and oxygen atoms in total. The van der Waals surface area contributed by atoms with E-state index in [9.17, 15) is 14.4 Å². The number of fused-ring (bicyclic) bond motifs is 1. The van der Waals surface area contributed by atoms with Gasteiger partial charge in [-0.1, -0.05) is 30.3 Å². The molecule has 1 unspecified atom stereocenters. The van der Waals surface area contributed by atoms with E-state index in [4.69, 9.17) is 10.5 Å². The van der Waals surface area contributed by atoms with Gasteiger partial charge in [0.05, 0.1) is 13.7 Å². The second-order valence-electron chi connectivity index (χ2n) is 10.3. The minimum atomic E-state index is -0.900. The van der Waals surface area contributed by atoms with Crippen molar-refractivity contribution in [3.8, 4) is 5.75 Å². The van der Waals surface area contributed by atoms with Gasteiger partial charge in [0.1, 0.15) is 18.4 Å². The molecule has 2 amide bonds. The minimum absolute atomic E-state index is 0.00225. The molecule has 0 spiro atoms. The Balaban J connectivity index is 1.35. The van der Waals surface area contributed by atoms with Crippen LogP contribution in [0.3, 0.4) is 0 Å². The zero-order valence-electron chi connectivity index (χ0n) is 22.5. The quantitative estimate of drug-likeness (QED) is 0.452. The maximum absolute atomic E-state index is 13.1. The molecular formula is C29H38N4O5. The van der Waals surface area contributed by atoms with Gasteiger partial charge in [-0.3, -0.25) is 24.2 Å². The molecule has 0 radical (unpaired) electrons. The van der Waals surface area contributed by atoms with E-state index in [2.05, 4.69) is 52.6 Å². The number of ether oxygens (including phenoxy) is 2. The summed E-state index contributed by atoms with van der Waals surface area (Å²) in [4.78, 5) is 43.2. The van der Waals surface area contributed by atoms with Gasteiger partial charge in [-0.15, -0.1) is 0 Å². The van der Waals surface area contributed by atoms with E-state index < -0.39 is 17.9 Å². The second kappa shape index (κ2) is 12.4. The van der Waals surface area contributed by atoms with Crippen molar-refractivity contribution in [3.63, 3.8) is 0 Å². The van der Waals surface area contributed by atoms with Crippen LogP contribution >= 0.6 is 0 Å². The molecule has 2 aliphatic heterocycles. The maximum Gasteiger partial charge on any atom is 0.305 e. The number of nitrogens with two attached hydrogens (primary N) is 1. The highest BCUT2D eigenvalue weighted by Crippen LogP contribution is 2.33. The van der Waals surface area contributed by atoms with Crippen molar-refractivity contribution in [2.24, 2.45) is 5.73 Å². The van der Waals surface area contributed by atoms with E-state index in [1.165, 1.54) is 17.6 Å². The summed E-state index contributed by atoms with van der Waals surface area (Å²) in [6.45, 7) is 10.4. The number of benzene rings is 2. The van der Waals surface area contributed by atoms with E-state index >= 15 is 0 Å². The van der Waals surface area contributed by atoms with Gasteiger partial charge < -0.3 is 20.1 Å². The van der Waals surface area contributed by atoms with E-state index in [1.54, 1.807) is 12.1 Å². The van der Waals surface area contributed by atoms with E-state index in [1.807, 2.05) is 6.07 Å². The molecule has 0 saturated carbocycles. The lowest BCUT2D eigenvalue weighted by atomic mass is 10.1. The fourth-order valence-corrected chi connectivity index (χ4v) is 5.12. The number of carbonyl (C=O) groups is 3. The number of rotatable bonds is 11. The molecule has 0 aromatic heterocycles. The monoisotopic (exact) mass is 522 g/mol. The Morgan fingerprint density at radius 1 is 1.00 bits per heavy atom. The Labute approximate surface area is 224 Å². The van der Waals surface area contributed by atoms with Crippen LogP contribution in [0.1, 0.15) is 53.7 Å². The molecule has 9 heteroatoms. The average Bonchev–Trinajstić information content (AvgIpc) is 3.25. The fourth-order valence-electron chi connectivity index (χ4n) is 5.12. The minimum Gasteiger partial charge on any atom is -0.489 e. The van der Waals surface area contributed by atoms with Gasteiger partial charge in [0.25, 0.3) is 5.91 Å². The summed E-state index contributed by atoms with van der Waals surface area (Å²) >= 11 is 0. The van der Waals surface area contributed by atoms with Gasteiger partial charge in [0.2, 0.25) is 5.91 Å². The van der Waals surface area contributed by atoms with Crippen molar-refractivity contribution in [1.29, 1.82) is 0 Å². The van der Waals surface area contributed by atoms with Crippen LogP contribution in [-0.4, -0.2) is 77.9 Å². The van der Waals surface area contributed by atoms with Crippen LogP contribution in [0.15, 0.2) is 42.5 Å². The molecule has 2 heterocycles. The van der Waals surface area contributed by atoms with Crippen LogP contribution in [0, 0.1) is 0 Å². The highest BCUT2D eigenvalue weighted by atomic mass is 16.5. The normalized spacial score (nSPS) is 16.9. The summed E-state index contributed by atoms with van der Waals surface area (Å²) in [7, 11) is 1.28. The number of amides is 2. The summed E-state index contributed by atoms with van der Waals surface area (Å²) in [6, 6.07) is 13.5. The predicted molar refractivity (Wildman–Crippen MR) is 143 cm³/mol. The van der Waals surface area contributed by atoms with Gasteiger partial charge in [-0.2, -0.15) is 0 Å². The van der Waals surface area contributed by atoms with Crippen molar-refractivity contribution < 1.29 is 23.9 Å². The number of methoxy groups -OCH3 is 1. The molecule has 1 saturated heterocycles. The van der Waals surface area contributed by atoms with E-state index in [0.717, 1.165) is 43.9 Å². The molecule has 2 aliphatic rings. The highest BCUT2D eigenvalue weighted by Gasteiger charge is 2.37. The van der Waals surface area contributed by atoms with E-state index in [-0.39, 0.29) is 25.3 Å². The van der Waals surface area contributed by atoms with Crippen LogP contribution in [-0.2, 0) is 34.0 Å². The van der Waals surface area contributed by atoms with Gasteiger partial charge in [-0.25, -0.2) is 0 Å². The van der Waals surface area contributed by atoms with Gasteiger partial charge in [0, 0.05) is 56.3 Å². The Hall–Kier alpha value is -3.43. The van der Waals surface area contributed by atoms with E-state index in [0.29, 0.717) is 24.0 Å². The third-order valence-electron chi connectivity index (χ3n) is 7.47. The Kier molecular flexibility index (Phi) is 9.01. The number of hydrogen-bond acceptors (Lipinski definition) is 7. The van der Waals surface area contributed by atoms with Crippen LogP contribution in [0.2, 0.25) is 0 Å². The summed E-state index contributed by atoms with van der Waals surface area (Å²) < 4.78 is 10.8. The maximum atomic E-state index is 13.1. The van der Waals surface area contributed by atoms with Crippen LogP contribution in [0.5, 0.6) is 5.75 Å². The molecule has 2 aromatic rings. The first kappa shape index (κ1) is 27.6.